The van der Waals surface area contributed by atoms with E-state index in [2.05, 4.69) is 4.98 Å². The SMILES string of the molecule is O=C(O)CCCOc1ccc(-c2cccc(Oc3ccccc3)n2)cc1. The maximum absolute atomic E-state index is 10.5. The largest absolute Gasteiger partial charge is 0.494 e. The van der Waals surface area contributed by atoms with Crippen LogP contribution in [0.1, 0.15) is 12.8 Å². The minimum Gasteiger partial charge on any atom is -0.494 e. The van der Waals surface area contributed by atoms with Gasteiger partial charge in [0.05, 0.1) is 12.3 Å². The van der Waals surface area contributed by atoms with Crippen molar-refractivity contribution in [3.63, 3.8) is 0 Å². The van der Waals surface area contributed by atoms with Gasteiger partial charge >= 0.3 is 5.97 Å². The molecule has 0 atom stereocenters. The molecule has 3 aromatic rings. The summed E-state index contributed by atoms with van der Waals surface area (Å²) in [6.07, 6.45) is 0.591. The number of rotatable bonds is 8. The second-order valence-electron chi connectivity index (χ2n) is 5.65. The number of carboxylic acid groups (broad SMARTS) is 1. The Balaban J connectivity index is 1.63. The van der Waals surface area contributed by atoms with Crippen LogP contribution in [0.3, 0.4) is 0 Å². The van der Waals surface area contributed by atoms with Gasteiger partial charge in [-0.25, -0.2) is 4.98 Å². The molecule has 0 aliphatic heterocycles. The van der Waals surface area contributed by atoms with E-state index in [4.69, 9.17) is 14.6 Å². The first kappa shape index (κ1) is 17.5. The van der Waals surface area contributed by atoms with Crippen molar-refractivity contribution in [3.8, 4) is 28.6 Å². The summed E-state index contributed by atoms with van der Waals surface area (Å²) in [5, 5.41) is 8.62. The fraction of sp³-hybridized carbons (Fsp3) is 0.143. The maximum Gasteiger partial charge on any atom is 0.303 e. The fourth-order valence-electron chi connectivity index (χ4n) is 2.38. The highest BCUT2D eigenvalue weighted by Gasteiger charge is 2.04. The van der Waals surface area contributed by atoms with Crippen LogP contribution in [0.4, 0.5) is 0 Å². The lowest BCUT2D eigenvalue weighted by molar-refractivity contribution is -0.137. The molecule has 1 aromatic heterocycles. The number of hydrogen-bond donors (Lipinski definition) is 1. The van der Waals surface area contributed by atoms with E-state index >= 15 is 0 Å². The van der Waals surface area contributed by atoms with Gasteiger partial charge < -0.3 is 14.6 Å². The molecule has 1 heterocycles. The third-order valence-electron chi connectivity index (χ3n) is 3.64. The van der Waals surface area contributed by atoms with Crippen molar-refractivity contribution < 1.29 is 19.4 Å². The molecular weight excluding hydrogens is 330 g/mol. The van der Waals surface area contributed by atoms with E-state index in [1.54, 1.807) is 0 Å². The first-order valence-corrected chi connectivity index (χ1v) is 8.36. The Morgan fingerprint density at radius 3 is 2.38 bits per heavy atom. The average Bonchev–Trinajstić information content (AvgIpc) is 2.67. The van der Waals surface area contributed by atoms with Gasteiger partial charge in [-0.3, -0.25) is 4.79 Å². The van der Waals surface area contributed by atoms with E-state index in [0.29, 0.717) is 24.7 Å². The average molecular weight is 349 g/mol. The minimum atomic E-state index is -0.812. The predicted molar refractivity (Wildman–Crippen MR) is 98.6 cm³/mol. The summed E-state index contributed by atoms with van der Waals surface area (Å²) in [6, 6.07) is 22.7. The summed E-state index contributed by atoms with van der Waals surface area (Å²) in [5.74, 6) is 1.16. The number of benzene rings is 2. The third kappa shape index (κ3) is 5.08. The molecule has 0 saturated heterocycles. The van der Waals surface area contributed by atoms with E-state index in [0.717, 1.165) is 17.0 Å². The van der Waals surface area contributed by atoms with Gasteiger partial charge in [0.2, 0.25) is 5.88 Å². The van der Waals surface area contributed by atoms with Gasteiger partial charge in [0.15, 0.2) is 0 Å². The van der Waals surface area contributed by atoms with E-state index in [-0.39, 0.29) is 6.42 Å². The molecule has 0 fully saturated rings. The molecule has 0 aliphatic rings. The van der Waals surface area contributed by atoms with Gasteiger partial charge in [0, 0.05) is 18.1 Å². The Morgan fingerprint density at radius 2 is 1.65 bits per heavy atom. The second-order valence-corrected chi connectivity index (χ2v) is 5.65. The van der Waals surface area contributed by atoms with E-state index in [1.165, 1.54) is 0 Å². The molecule has 3 rings (SSSR count). The number of nitrogens with zero attached hydrogens (tertiary/aromatic N) is 1. The van der Waals surface area contributed by atoms with Crippen LogP contribution in [-0.4, -0.2) is 22.7 Å². The molecule has 0 radical (unpaired) electrons. The van der Waals surface area contributed by atoms with Crippen molar-refractivity contribution >= 4 is 5.97 Å². The van der Waals surface area contributed by atoms with Crippen molar-refractivity contribution in [2.24, 2.45) is 0 Å². The summed E-state index contributed by atoms with van der Waals surface area (Å²) in [7, 11) is 0. The minimum absolute atomic E-state index is 0.107. The van der Waals surface area contributed by atoms with Gasteiger partial charge in [0.25, 0.3) is 0 Å². The van der Waals surface area contributed by atoms with Crippen LogP contribution < -0.4 is 9.47 Å². The Hall–Kier alpha value is -3.34. The summed E-state index contributed by atoms with van der Waals surface area (Å²) in [5.41, 5.74) is 1.75. The highest BCUT2D eigenvalue weighted by Crippen LogP contribution is 2.25. The number of hydrogen-bond acceptors (Lipinski definition) is 4. The summed E-state index contributed by atoms with van der Waals surface area (Å²) < 4.78 is 11.3. The molecule has 5 nitrogen and oxygen atoms in total. The monoisotopic (exact) mass is 349 g/mol. The van der Waals surface area contributed by atoms with Gasteiger partial charge in [-0.2, -0.15) is 0 Å². The van der Waals surface area contributed by atoms with Crippen LogP contribution in [-0.2, 0) is 4.79 Å². The predicted octanol–water partition coefficient (Wildman–Crippen LogP) is 4.78. The fourth-order valence-corrected chi connectivity index (χ4v) is 2.38. The van der Waals surface area contributed by atoms with Gasteiger partial charge in [-0.1, -0.05) is 24.3 Å². The van der Waals surface area contributed by atoms with Crippen LogP contribution in [0, 0.1) is 0 Å². The summed E-state index contributed by atoms with van der Waals surface area (Å²) in [6.45, 7) is 0.379. The molecule has 0 amide bonds. The number of carbonyl (C=O) groups is 1. The van der Waals surface area contributed by atoms with Crippen molar-refractivity contribution in [3.05, 3.63) is 72.8 Å². The Morgan fingerprint density at radius 1 is 0.885 bits per heavy atom. The van der Waals surface area contributed by atoms with Crippen molar-refractivity contribution in [1.82, 2.24) is 4.98 Å². The van der Waals surface area contributed by atoms with Crippen molar-refractivity contribution in [2.45, 2.75) is 12.8 Å². The molecule has 5 heteroatoms. The van der Waals surface area contributed by atoms with E-state index in [1.807, 2.05) is 72.8 Å². The van der Waals surface area contributed by atoms with Crippen molar-refractivity contribution in [2.75, 3.05) is 6.61 Å². The van der Waals surface area contributed by atoms with E-state index < -0.39 is 5.97 Å². The molecule has 0 spiro atoms. The topological polar surface area (TPSA) is 68.7 Å². The Labute approximate surface area is 151 Å². The molecule has 2 aromatic carbocycles. The standard InChI is InChI=1S/C21H19NO4/c23-21(24)10-5-15-25-17-13-11-16(12-14-17)19-8-4-9-20(22-19)26-18-6-2-1-3-7-18/h1-4,6-9,11-14H,5,10,15H2,(H,23,24). The molecule has 0 aliphatic carbocycles. The lowest BCUT2D eigenvalue weighted by Gasteiger charge is -2.08. The number of ether oxygens (including phenoxy) is 2. The number of aromatic nitrogens is 1. The van der Waals surface area contributed by atoms with Crippen LogP contribution in [0.15, 0.2) is 72.8 Å². The second kappa shape index (κ2) is 8.67. The van der Waals surface area contributed by atoms with E-state index in [9.17, 15) is 4.79 Å². The molecule has 0 bridgehead atoms. The molecule has 132 valence electrons. The molecular formula is C21H19NO4. The zero-order valence-corrected chi connectivity index (χ0v) is 14.2. The van der Waals surface area contributed by atoms with Gasteiger partial charge in [-0.05, 0) is 48.9 Å². The number of pyridine rings is 1. The Bertz CT molecular complexity index is 847. The lowest BCUT2D eigenvalue weighted by Crippen LogP contribution is -2.01. The smallest absolute Gasteiger partial charge is 0.303 e. The zero-order chi connectivity index (χ0) is 18.2. The number of carboxylic acids is 1. The molecule has 0 unspecified atom stereocenters. The highest BCUT2D eigenvalue weighted by atomic mass is 16.5. The summed E-state index contributed by atoms with van der Waals surface area (Å²) in [4.78, 5) is 15.0. The molecule has 0 saturated carbocycles. The number of aliphatic carboxylic acids is 1. The number of para-hydroxylation sites is 1. The first-order valence-electron chi connectivity index (χ1n) is 8.36. The first-order chi connectivity index (χ1) is 12.7. The van der Waals surface area contributed by atoms with Crippen LogP contribution >= 0.6 is 0 Å². The Kier molecular flexibility index (Phi) is 5.83. The van der Waals surface area contributed by atoms with Gasteiger partial charge in [-0.15, -0.1) is 0 Å². The third-order valence-corrected chi connectivity index (χ3v) is 3.64. The highest BCUT2D eigenvalue weighted by molar-refractivity contribution is 5.66. The van der Waals surface area contributed by atoms with Crippen LogP contribution in [0.25, 0.3) is 11.3 Å². The van der Waals surface area contributed by atoms with Crippen LogP contribution in [0.2, 0.25) is 0 Å². The van der Waals surface area contributed by atoms with Crippen LogP contribution in [0.5, 0.6) is 17.4 Å². The normalized spacial score (nSPS) is 10.3. The molecule has 1 N–H and O–H groups in total. The zero-order valence-electron chi connectivity index (χ0n) is 14.2. The summed E-state index contributed by atoms with van der Waals surface area (Å²) >= 11 is 0. The maximum atomic E-state index is 10.5. The lowest BCUT2D eigenvalue weighted by atomic mass is 10.1. The van der Waals surface area contributed by atoms with Gasteiger partial charge in [0.1, 0.15) is 11.5 Å². The molecule has 26 heavy (non-hydrogen) atoms. The van der Waals surface area contributed by atoms with Crippen molar-refractivity contribution in [1.29, 1.82) is 0 Å². The quantitative estimate of drug-likeness (QED) is 0.593.